The summed E-state index contributed by atoms with van der Waals surface area (Å²) in [6.07, 6.45) is -11.0. The summed E-state index contributed by atoms with van der Waals surface area (Å²) in [4.78, 5) is 10.5. The molecule has 9 heteroatoms. The molecule has 19 heavy (non-hydrogen) atoms. The molecule has 0 N–H and O–H groups in total. The first-order chi connectivity index (χ1) is 8.02. The van der Waals surface area contributed by atoms with Crippen molar-refractivity contribution in [3.63, 3.8) is 0 Å². The molecule has 0 radical (unpaired) electrons. The van der Waals surface area contributed by atoms with Crippen LogP contribution in [-0.2, 0) is 26.6 Å². The average molecular weight is 333 g/mol. The van der Waals surface area contributed by atoms with Gasteiger partial charge in [-0.05, 0) is 0 Å². The summed E-state index contributed by atoms with van der Waals surface area (Å²) >= 11 is 0. The SMILES string of the molecule is CC[C-](CC)O/C(=C\C(=O)C(F)(F)F)C(F)(F)F.[Fe]. The number of allylic oxidation sites excluding steroid dienone is 2. The number of hydrogen-bond acceptors (Lipinski definition) is 2. The summed E-state index contributed by atoms with van der Waals surface area (Å²) in [5.74, 6) is -4.56. The van der Waals surface area contributed by atoms with Crippen LogP contribution in [0.3, 0.4) is 0 Å². The van der Waals surface area contributed by atoms with Crippen LogP contribution in [0.5, 0.6) is 0 Å². The molecular formula is C10H11F6FeO2-. The fourth-order valence-electron chi connectivity index (χ4n) is 0.920. The number of rotatable bonds is 5. The Morgan fingerprint density at radius 1 is 1.05 bits per heavy atom. The minimum absolute atomic E-state index is 0. The first-order valence-electron chi connectivity index (χ1n) is 4.94. The average Bonchev–Trinajstić information content (AvgIpc) is 2.20. The molecule has 0 heterocycles. The molecule has 0 spiro atoms. The van der Waals surface area contributed by atoms with Gasteiger partial charge in [-0.3, -0.25) is 4.79 Å². The molecule has 0 saturated carbocycles. The first-order valence-corrected chi connectivity index (χ1v) is 4.94. The van der Waals surface area contributed by atoms with E-state index in [9.17, 15) is 31.1 Å². The van der Waals surface area contributed by atoms with Gasteiger partial charge >= 0.3 is 12.4 Å². The number of alkyl halides is 6. The fourth-order valence-corrected chi connectivity index (χ4v) is 0.920. The van der Waals surface area contributed by atoms with Crippen molar-refractivity contribution in [3.8, 4) is 0 Å². The third-order valence-electron chi connectivity index (χ3n) is 1.86. The maximum Gasteiger partial charge on any atom is 0.454 e. The Balaban J connectivity index is 0. The Kier molecular flexibility index (Phi) is 8.46. The second-order valence-electron chi connectivity index (χ2n) is 3.22. The summed E-state index contributed by atoms with van der Waals surface area (Å²) in [5, 5.41) is 0. The molecule has 0 aliphatic carbocycles. The van der Waals surface area contributed by atoms with E-state index in [2.05, 4.69) is 4.74 Å². The van der Waals surface area contributed by atoms with Crippen molar-refractivity contribution in [3.05, 3.63) is 17.9 Å². The molecule has 114 valence electrons. The molecule has 0 aliphatic heterocycles. The molecule has 0 aliphatic rings. The van der Waals surface area contributed by atoms with Crippen LogP contribution in [0.15, 0.2) is 11.8 Å². The summed E-state index contributed by atoms with van der Waals surface area (Å²) in [7, 11) is 0. The zero-order chi connectivity index (χ0) is 14.6. The molecule has 0 aromatic heterocycles. The van der Waals surface area contributed by atoms with Gasteiger partial charge in [0, 0.05) is 23.1 Å². The topological polar surface area (TPSA) is 26.3 Å². The van der Waals surface area contributed by atoms with Gasteiger partial charge in [0.2, 0.25) is 0 Å². The van der Waals surface area contributed by atoms with Gasteiger partial charge in [-0.15, -0.1) is 18.9 Å². The van der Waals surface area contributed by atoms with Crippen LogP contribution in [0.1, 0.15) is 26.7 Å². The Morgan fingerprint density at radius 2 is 1.47 bits per heavy atom. The van der Waals surface area contributed by atoms with Crippen molar-refractivity contribution >= 4 is 5.78 Å². The normalized spacial score (nSPS) is 13.2. The van der Waals surface area contributed by atoms with Gasteiger partial charge in [0.15, 0.2) is 5.76 Å². The van der Waals surface area contributed by atoms with E-state index in [0.717, 1.165) is 0 Å². The standard InChI is InChI=1S/C10H11F6O2.Fe/c1-3-6(4-2)18-8(10(14,15)16)5-7(17)9(11,12)13;/h5H,3-4H2,1-2H3;/q-1;/b8-5-;. The van der Waals surface area contributed by atoms with Gasteiger partial charge in [-0.2, -0.15) is 26.3 Å². The molecule has 0 rings (SSSR count). The third kappa shape index (κ3) is 7.47. The van der Waals surface area contributed by atoms with Crippen molar-refractivity contribution in [2.24, 2.45) is 0 Å². The van der Waals surface area contributed by atoms with E-state index >= 15 is 0 Å². The van der Waals surface area contributed by atoms with E-state index in [0.29, 0.717) is 0 Å². The second-order valence-corrected chi connectivity index (χ2v) is 3.22. The first kappa shape index (κ1) is 20.6. The van der Waals surface area contributed by atoms with E-state index in [-0.39, 0.29) is 36.0 Å². The molecule has 0 aromatic carbocycles. The van der Waals surface area contributed by atoms with E-state index < -0.39 is 30.0 Å². The summed E-state index contributed by atoms with van der Waals surface area (Å²) in [6.45, 7) is 2.97. The van der Waals surface area contributed by atoms with Crippen LogP contribution < -0.4 is 0 Å². The molecule has 2 nitrogen and oxygen atoms in total. The van der Waals surface area contributed by atoms with Gasteiger partial charge in [0.05, 0.1) is 0 Å². The smallest absolute Gasteiger partial charge is 0.454 e. The molecule has 0 bridgehead atoms. The van der Waals surface area contributed by atoms with Crippen molar-refractivity contribution in [2.75, 3.05) is 0 Å². The van der Waals surface area contributed by atoms with Crippen molar-refractivity contribution < 1.29 is 52.9 Å². The van der Waals surface area contributed by atoms with Gasteiger partial charge in [-0.1, -0.05) is 13.8 Å². The van der Waals surface area contributed by atoms with Crippen LogP contribution in [0.2, 0.25) is 0 Å². The molecule has 0 saturated heterocycles. The Hall–Kier alpha value is -0.691. The van der Waals surface area contributed by atoms with Crippen molar-refractivity contribution in [1.82, 2.24) is 0 Å². The van der Waals surface area contributed by atoms with Crippen LogP contribution in [0.25, 0.3) is 0 Å². The van der Waals surface area contributed by atoms with Crippen molar-refractivity contribution in [2.45, 2.75) is 39.0 Å². The van der Waals surface area contributed by atoms with Gasteiger partial charge < -0.3 is 4.74 Å². The maximum atomic E-state index is 12.4. The van der Waals surface area contributed by atoms with Gasteiger partial charge in [0.1, 0.15) is 0 Å². The Morgan fingerprint density at radius 3 is 1.74 bits per heavy atom. The Bertz CT molecular complexity index is 317. The summed E-state index contributed by atoms with van der Waals surface area (Å²) in [6, 6.07) is 0. The predicted molar refractivity (Wildman–Crippen MR) is 50.1 cm³/mol. The van der Waals surface area contributed by atoms with Crippen LogP contribution in [-0.4, -0.2) is 18.1 Å². The summed E-state index contributed by atoms with van der Waals surface area (Å²) in [5.41, 5.74) is 0. The Labute approximate surface area is 116 Å². The zero-order valence-electron chi connectivity index (χ0n) is 9.93. The minimum Gasteiger partial charge on any atom is -0.656 e. The molecule has 0 unspecified atom stereocenters. The number of carbonyl (C=O) groups excluding carboxylic acids is 1. The monoisotopic (exact) mass is 333 g/mol. The van der Waals surface area contributed by atoms with E-state index in [1.165, 1.54) is 13.8 Å². The second kappa shape index (κ2) is 7.79. The van der Waals surface area contributed by atoms with Crippen LogP contribution in [0, 0.1) is 6.10 Å². The number of hydrogen-bond donors (Lipinski definition) is 0. The van der Waals surface area contributed by atoms with Gasteiger partial charge in [-0.25, -0.2) is 0 Å². The number of ketones is 1. The van der Waals surface area contributed by atoms with Crippen molar-refractivity contribution in [1.29, 1.82) is 0 Å². The molecule has 0 atom stereocenters. The van der Waals surface area contributed by atoms with E-state index in [1.807, 2.05) is 0 Å². The maximum absolute atomic E-state index is 12.4. The van der Waals surface area contributed by atoms with E-state index in [4.69, 9.17) is 0 Å². The number of ether oxygens (including phenoxy) is 1. The number of carbonyl (C=O) groups is 1. The molecular weight excluding hydrogens is 322 g/mol. The summed E-state index contributed by atoms with van der Waals surface area (Å²) < 4.78 is 77.1. The van der Waals surface area contributed by atoms with Crippen LogP contribution in [0.4, 0.5) is 26.3 Å². The third-order valence-corrected chi connectivity index (χ3v) is 1.86. The van der Waals surface area contributed by atoms with E-state index in [1.54, 1.807) is 0 Å². The zero-order valence-corrected chi connectivity index (χ0v) is 11.0. The van der Waals surface area contributed by atoms with Crippen LogP contribution >= 0.6 is 0 Å². The minimum atomic E-state index is -5.36. The predicted octanol–water partition coefficient (Wildman–Crippen LogP) is 3.93. The number of halogens is 6. The largest absolute Gasteiger partial charge is 0.656 e. The molecule has 0 aromatic rings. The molecule has 0 amide bonds. The molecule has 0 fully saturated rings. The van der Waals surface area contributed by atoms with Gasteiger partial charge in [0.25, 0.3) is 5.78 Å². The fraction of sp³-hybridized carbons (Fsp3) is 0.600. The quantitative estimate of drug-likeness (QED) is 0.251.